The van der Waals surface area contributed by atoms with Crippen LogP contribution in [-0.4, -0.2) is 37.2 Å². The number of alkyl halides is 3. The third kappa shape index (κ3) is 6.22. The first-order valence-corrected chi connectivity index (χ1v) is 12.0. The summed E-state index contributed by atoms with van der Waals surface area (Å²) in [6.45, 7) is 4.03. The van der Waals surface area contributed by atoms with E-state index in [9.17, 15) is 26.4 Å². The molecule has 6 nitrogen and oxygen atoms in total. The summed E-state index contributed by atoms with van der Waals surface area (Å²) in [6.07, 6.45) is -3.04. The molecule has 0 saturated carbocycles. The van der Waals surface area contributed by atoms with Gasteiger partial charge in [0.15, 0.2) is 15.6 Å². The van der Waals surface area contributed by atoms with Crippen LogP contribution in [0.25, 0.3) is 16.8 Å². The minimum Gasteiger partial charge on any atom is -0.487 e. The molecule has 0 N–H and O–H groups in total. The molecule has 10 heteroatoms. The highest BCUT2D eigenvalue weighted by atomic mass is 32.2. The molecule has 0 fully saturated rings. The summed E-state index contributed by atoms with van der Waals surface area (Å²) in [7, 11) is -3.39. The van der Waals surface area contributed by atoms with Gasteiger partial charge in [0.1, 0.15) is 0 Å². The first-order valence-electron chi connectivity index (χ1n) is 10.1. The van der Waals surface area contributed by atoms with Crippen LogP contribution in [-0.2, 0) is 16.3 Å². The molecule has 1 heterocycles. The molecule has 0 spiro atoms. The highest BCUT2D eigenvalue weighted by Crippen LogP contribution is 2.28. The Kier molecular flexibility index (Phi) is 6.97. The lowest BCUT2D eigenvalue weighted by molar-refractivity contribution is -0.127. The van der Waals surface area contributed by atoms with E-state index in [1.165, 1.54) is 42.6 Å². The minimum atomic E-state index is -4.38. The van der Waals surface area contributed by atoms with Gasteiger partial charge in [-0.3, -0.25) is 4.79 Å². The fourth-order valence-corrected chi connectivity index (χ4v) is 3.76. The van der Waals surface area contributed by atoms with Gasteiger partial charge in [0.25, 0.3) is 0 Å². The van der Waals surface area contributed by atoms with Crippen molar-refractivity contribution in [3.63, 3.8) is 0 Å². The molecule has 1 aromatic heterocycles. The molecule has 3 rings (SSSR count). The average molecular weight is 481 g/mol. The van der Waals surface area contributed by atoms with E-state index in [2.05, 4.69) is 5.10 Å². The van der Waals surface area contributed by atoms with Crippen LogP contribution in [0, 0.1) is 5.92 Å². The van der Waals surface area contributed by atoms with Crippen LogP contribution in [0.3, 0.4) is 0 Å². The summed E-state index contributed by atoms with van der Waals surface area (Å²) in [4.78, 5) is 13.4. The molecule has 0 aliphatic heterocycles. The molecule has 176 valence electrons. The van der Waals surface area contributed by atoms with Crippen molar-refractivity contribution in [3.05, 3.63) is 70.6 Å². The number of aromatic nitrogens is 2. The molecular weight excluding hydrogens is 457 g/mol. The van der Waals surface area contributed by atoms with E-state index in [1.54, 1.807) is 12.1 Å². The van der Waals surface area contributed by atoms with Gasteiger partial charge in [-0.2, -0.15) is 23.0 Å². The van der Waals surface area contributed by atoms with E-state index in [0.29, 0.717) is 11.1 Å². The van der Waals surface area contributed by atoms with Gasteiger partial charge < -0.3 is 4.74 Å². The maximum Gasteiger partial charge on any atom is 0.393 e. The van der Waals surface area contributed by atoms with Crippen LogP contribution < -0.4 is 10.3 Å². The van der Waals surface area contributed by atoms with E-state index in [4.69, 9.17) is 4.74 Å². The molecule has 33 heavy (non-hydrogen) atoms. The Labute approximate surface area is 189 Å². The predicted octanol–water partition coefficient (Wildman–Crippen LogP) is 4.44. The van der Waals surface area contributed by atoms with Gasteiger partial charge in [-0.1, -0.05) is 38.1 Å². The summed E-state index contributed by atoms with van der Waals surface area (Å²) >= 11 is 0. The third-order valence-electron chi connectivity index (χ3n) is 4.65. The van der Waals surface area contributed by atoms with Crippen LogP contribution in [0.1, 0.15) is 19.4 Å². The van der Waals surface area contributed by atoms with E-state index in [0.717, 1.165) is 10.9 Å². The molecule has 0 bridgehead atoms. The predicted molar refractivity (Wildman–Crippen MR) is 118 cm³/mol. The van der Waals surface area contributed by atoms with Gasteiger partial charge in [-0.25, -0.2) is 8.42 Å². The zero-order valence-electron chi connectivity index (χ0n) is 18.3. The molecule has 0 unspecified atom stereocenters. The average Bonchev–Trinajstić information content (AvgIpc) is 2.71. The van der Waals surface area contributed by atoms with E-state index >= 15 is 0 Å². The zero-order valence-corrected chi connectivity index (χ0v) is 19.1. The molecule has 0 aliphatic carbocycles. The molecule has 0 amide bonds. The maximum absolute atomic E-state index is 13.3. The van der Waals surface area contributed by atoms with Crippen molar-refractivity contribution in [2.45, 2.75) is 31.3 Å². The lowest BCUT2D eigenvalue weighted by atomic mass is 10.1. The first kappa shape index (κ1) is 24.5. The number of ether oxygens (including phenoxy) is 1. The third-order valence-corrected chi connectivity index (χ3v) is 5.78. The van der Waals surface area contributed by atoms with Crippen LogP contribution in [0.5, 0.6) is 5.75 Å². The quantitative estimate of drug-likeness (QED) is 0.500. The van der Waals surface area contributed by atoms with Crippen molar-refractivity contribution >= 4 is 9.84 Å². The molecule has 0 atom stereocenters. The normalized spacial score (nSPS) is 12.2. The Bertz CT molecular complexity index is 1300. The molecule has 3 aromatic rings. The topological polar surface area (TPSA) is 78.3 Å². The largest absolute Gasteiger partial charge is 0.487 e. The van der Waals surface area contributed by atoms with E-state index in [-0.39, 0.29) is 34.4 Å². The molecular formula is C23H23F3N2O4S. The van der Waals surface area contributed by atoms with Crippen LogP contribution >= 0.6 is 0 Å². The van der Waals surface area contributed by atoms with Crippen molar-refractivity contribution in [2.75, 3.05) is 12.9 Å². The second-order valence-corrected chi connectivity index (χ2v) is 10.1. The number of sulfone groups is 1. The summed E-state index contributed by atoms with van der Waals surface area (Å²) in [5.74, 6) is 0.0774. The van der Waals surface area contributed by atoms with Gasteiger partial charge >= 0.3 is 11.7 Å². The highest BCUT2D eigenvalue weighted by Gasteiger charge is 2.28. The summed E-state index contributed by atoms with van der Waals surface area (Å²) in [5, 5.41) is 4.15. The zero-order chi connectivity index (χ0) is 24.4. The SMILES string of the molecule is CC(C)COc1c(-c2ccc(S(C)(=O)=O)cc2)cnn(-c2cccc(CC(F)(F)F)c2)c1=O. The first-order chi connectivity index (χ1) is 15.3. The van der Waals surface area contributed by atoms with Gasteiger partial charge in [-0.05, 0) is 41.3 Å². The van der Waals surface area contributed by atoms with Crippen molar-refractivity contribution in [2.24, 2.45) is 5.92 Å². The lowest BCUT2D eigenvalue weighted by Crippen LogP contribution is -2.25. The lowest BCUT2D eigenvalue weighted by Gasteiger charge is -2.15. The monoisotopic (exact) mass is 480 g/mol. The number of nitrogens with zero attached hydrogens (tertiary/aromatic N) is 2. The fourth-order valence-electron chi connectivity index (χ4n) is 3.13. The number of halogens is 3. The Morgan fingerprint density at radius 3 is 2.33 bits per heavy atom. The van der Waals surface area contributed by atoms with E-state index in [1.807, 2.05) is 13.8 Å². The number of rotatable bonds is 7. The van der Waals surface area contributed by atoms with Crippen LogP contribution in [0.15, 0.2) is 64.4 Å². The highest BCUT2D eigenvalue weighted by molar-refractivity contribution is 7.90. The standard InChI is InChI=1S/C23H23F3N2O4S/c1-15(2)14-32-21-20(17-7-9-19(10-8-17)33(3,30)31)13-27-28(22(21)29)18-6-4-5-16(11-18)12-23(24,25)26/h4-11,13,15H,12,14H2,1-3H3. The fraction of sp³-hybridized carbons (Fsp3) is 0.304. The summed E-state index contributed by atoms with van der Waals surface area (Å²) in [6, 6.07) is 11.4. The molecule has 0 aliphatic rings. The maximum atomic E-state index is 13.3. The van der Waals surface area contributed by atoms with Gasteiger partial charge in [-0.15, -0.1) is 0 Å². The second kappa shape index (κ2) is 9.38. The van der Waals surface area contributed by atoms with Gasteiger partial charge in [0.05, 0.1) is 29.8 Å². The van der Waals surface area contributed by atoms with Crippen LogP contribution in [0.2, 0.25) is 0 Å². The Balaban J connectivity index is 2.10. The Morgan fingerprint density at radius 1 is 1.09 bits per heavy atom. The van der Waals surface area contributed by atoms with E-state index < -0.39 is 28.0 Å². The van der Waals surface area contributed by atoms with Crippen molar-refractivity contribution in [1.29, 1.82) is 0 Å². The molecule has 0 radical (unpaired) electrons. The Morgan fingerprint density at radius 2 is 1.76 bits per heavy atom. The summed E-state index contributed by atoms with van der Waals surface area (Å²) in [5.41, 5.74) is 0.408. The molecule has 2 aromatic carbocycles. The number of benzene rings is 2. The van der Waals surface area contributed by atoms with Crippen LogP contribution in [0.4, 0.5) is 13.2 Å². The molecule has 0 saturated heterocycles. The van der Waals surface area contributed by atoms with Crippen molar-refractivity contribution in [1.82, 2.24) is 9.78 Å². The van der Waals surface area contributed by atoms with Crippen molar-refractivity contribution in [3.8, 4) is 22.6 Å². The van der Waals surface area contributed by atoms with Gasteiger partial charge in [0, 0.05) is 11.8 Å². The summed E-state index contributed by atoms with van der Waals surface area (Å²) < 4.78 is 68.6. The second-order valence-electron chi connectivity index (χ2n) is 8.07. The minimum absolute atomic E-state index is 0.00112. The number of hydrogen-bond acceptors (Lipinski definition) is 5. The smallest absolute Gasteiger partial charge is 0.393 e. The number of hydrogen-bond donors (Lipinski definition) is 0. The van der Waals surface area contributed by atoms with Gasteiger partial charge in [0.2, 0.25) is 0 Å². The Hall–Kier alpha value is -3.14. The van der Waals surface area contributed by atoms with Crippen molar-refractivity contribution < 1.29 is 26.3 Å².